The van der Waals surface area contributed by atoms with Crippen molar-refractivity contribution in [2.45, 2.75) is 13.5 Å². The van der Waals surface area contributed by atoms with Crippen LogP contribution in [0.15, 0.2) is 48.7 Å². The maximum atomic E-state index is 13.2. The van der Waals surface area contributed by atoms with Crippen LogP contribution in [0.1, 0.15) is 21.5 Å². The minimum Gasteiger partial charge on any atom is -0.360 e. The van der Waals surface area contributed by atoms with Crippen molar-refractivity contribution in [1.29, 1.82) is 0 Å². The number of H-pyrrole nitrogens is 1. The van der Waals surface area contributed by atoms with Gasteiger partial charge in [0, 0.05) is 23.6 Å². The van der Waals surface area contributed by atoms with Crippen molar-refractivity contribution in [1.82, 2.24) is 10.3 Å². The molecule has 0 saturated heterocycles. The molecule has 3 aromatic rings. The zero-order valence-electron chi connectivity index (χ0n) is 12.5. The highest BCUT2D eigenvalue weighted by Crippen LogP contribution is 2.19. The molecule has 23 heavy (non-hydrogen) atoms. The van der Waals surface area contributed by atoms with Gasteiger partial charge in [-0.2, -0.15) is 0 Å². The average molecular weight is 310 g/mol. The van der Waals surface area contributed by atoms with Crippen molar-refractivity contribution < 1.29 is 14.0 Å². The van der Waals surface area contributed by atoms with Crippen molar-refractivity contribution >= 4 is 22.6 Å². The Morgan fingerprint density at radius 2 is 1.96 bits per heavy atom. The van der Waals surface area contributed by atoms with Gasteiger partial charge in [0.15, 0.2) is 0 Å². The molecule has 2 aromatic carbocycles. The molecule has 0 fully saturated rings. The molecule has 0 aliphatic heterocycles. The van der Waals surface area contributed by atoms with E-state index >= 15 is 0 Å². The third kappa shape index (κ3) is 2.99. The number of hydrogen-bond donors (Lipinski definition) is 2. The van der Waals surface area contributed by atoms with Crippen molar-refractivity contribution in [3.63, 3.8) is 0 Å². The molecule has 2 N–H and O–H groups in total. The van der Waals surface area contributed by atoms with E-state index in [0.717, 1.165) is 11.1 Å². The lowest BCUT2D eigenvalue weighted by molar-refractivity contribution is -0.117. The first-order valence-electron chi connectivity index (χ1n) is 7.20. The smallest absolute Gasteiger partial charge is 0.292 e. The van der Waals surface area contributed by atoms with E-state index in [1.165, 1.54) is 24.4 Å². The highest BCUT2D eigenvalue weighted by molar-refractivity contribution is 6.44. The molecule has 1 aromatic heterocycles. The predicted octanol–water partition coefficient (Wildman–Crippen LogP) is 3.11. The van der Waals surface area contributed by atoms with Crippen LogP contribution < -0.4 is 5.32 Å². The number of carbonyl (C=O) groups is 2. The molecule has 0 radical (unpaired) electrons. The second-order valence-electron chi connectivity index (χ2n) is 5.33. The van der Waals surface area contributed by atoms with Crippen LogP contribution in [0.25, 0.3) is 10.9 Å². The van der Waals surface area contributed by atoms with Crippen molar-refractivity contribution in [2.24, 2.45) is 0 Å². The highest BCUT2D eigenvalue weighted by atomic mass is 19.1. The lowest BCUT2D eigenvalue weighted by Gasteiger charge is -2.07. The fraction of sp³-hybridized carbons (Fsp3) is 0.111. The van der Waals surface area contributed by atoms with Gasteiger partial charge in [0.2, 0.25) is 0 Å². The maximum Gasteiger partial charge on any atom is 0.292 e. The van der Waals surface area contributed by atoms with Gasteiger partial charge in [0.05, 0.1) is 5.56 Å². The van der Waals surface area contributed by atoms with Gasteiger partial charge in [-0.15, -0.1) is 0 Å². The lowest BCUT2D eigenvalue weighted by atomic mass is 10.1. The SMILES string of the molecule is Cc1ccccc1CNC(=O)C(=O)c1c[nH]c2cc(F)ccc12. The molecule has 1 heterocycles. The summed E-state index contributed by atoms with van der Waals surface area (Å²) in [7, 11) is 0. The van der Waals surface area contributed by atoms with Crippen molar-refractivity contribution in [3.05, 3.63) is 71.2 Å². The molecule has 0 aliphatic rings. The summed E-state index contributed by atoms with van der Waals surface area (Å²) in [6.07, 6.45) is 1.43. The molecule has 0 saturated carbocycles. The van der Waals surface area contributed by atoms with Gasteiger partial charge in [-0.1, -0.05) is 24.3 Å². The minimum absolute atomic E-state index is 0.238. The largest absolute Gasteiger partial charge is 0.360 e. The zero-order valence-corrected chi connectivity index (χ0v) is 12.5. The molecule has 0 atom stereocenters. The molecule has 0 bridgehead atoms. The summed E-state index contributed by atoms with van der Waals surface area (Å²) < 4.78 is 13.2. The second kappa shape index (κ2) is 6.04. The number of aromatic nitrogens is 1. The van der Waals surface area contributed by atoms with E-state index in [0.29, 0.717) is 10.9 Å². The van der Waals surface area contributed by atoms with E-state index in [1.807, 2.05) is 31.2 Å². The number of aromatic amines is 1. The van der Waals surface area contributed by atoms with Crippen LogP contribution >= 0.6 is 0 Å². The van der Waals surface area contributed by atoms with E-state index in [1.54, 1.807) is 0 Å². The molecule has 116 valence electrons. The third-order valence-electron chi connectivity index (χ3n) is 3.80. The predicted molar refractivity (Wildman–Crippen MR) is 85.6 cm³/mol. The van der Waals surface area contributed by atoms with E-state index in [4.69, 9.17) is 0 Å². The Balaban J connectivity index is 1.76. The van der Waals surface area contributed by atoms with Gasteiger partial charge in [0.25, 0.3) is 11.7 Å². The minimum atomic E-state index is -0.682. The molecule has 5 heteroatoms. The Labute approximate surface area is 132 Å². The van der Waals surface area contributed by atoms with Crippen LogP contribution in [0.4, 0.5) is 4.39 Å². The standard InChI is InChI=1S/C18H15FN2O2/c1-11-4-2-3-5-12(11)9-21-18(23)17(22)15-10-20-16-8-13(19)6-7-14(15)16/h2-8,10,20H,9H2,1H3,(H,21,23). The number of carbonyl (C=O) groups excluding carboxylic acids is 2. The lowest BCUT2D eigenvalue weighted by Crippen LogP contribution is -2.30. The van der Waals surface area contributed by atoms with Crippen LogP contribution in [-0.4, -0.2) is 16.7 Å². The van der Waals surface area contributed by atoms with E-state index < -0.39 is 17.5 Å². The normalized spacial score (nSPS) is 10.7. The molecule has 1 amide bonds. The molecule has 4 nitrogen and oxygen atoms in total. The van der Waals surface area contributed by atoms with Gasteiger partial charge in [-0.05, 0) is 36.2 Å². The van der Waals surface area contributed by atoms with Crippen LogP contribution in [0.2, 0.25) is 0 Å². The number of ketones is 1. The number of rotatable bonds is 4. The molecule has 0 unspecified atom stereocenters. The fourth-order valence-corrected chi connectivity index (χ4v) is 2.47. The van der Waals surface area contributed by atoms with Crippen molar-refractivity contribution in [3.8, 4) is 0 Å². The maximum absolute atomic E-state index is 13.2. The summed E-state index contributed by atoms with van der Waals surface area (Å²) in [6.45, 7) is 2.23. The number of amides is 1. The summed E-state index contributed by atoms with van der Waals surface area (Å²) >= 11 is 0. The molecule has 3 rings (SSSR count). The van der Waals surface area contributed by atoms with Gasteiger partial charge in [0.1, 0.15) is 5.82 Å². The first-order valence-corrected chi connectivity index (χ1v) is 7.20. The molecule has 0 aliphatic carbocycles. The highest BCUT2D eigenvalue weighted by Gasteiger charge is 2.20. The van der Waals surface area contributed by atoms with Gasteiger partial charge < -0.3 is 10.3 Å². The zero-order chi connectivity index (χ0) is 16.4. The summed E-state index contributed by atoms with van der Waals surface area (Å²) in [5.41, 5.74) is 2.72. The summed E-state index contributed by atoms with van der Waals surface area (Å²) in [5, 5.41) is 3.16. The van der Waals surface area contributed by atoms with E-state index in [9.17, 15) is 14.0 Å². The Morgan fingerprint density at radius 3 is 2.74 bits per heavy atom. The summed E-state index contributed by atoms with van der Waals surface area (Å²) in [6, 6.07) is 11.7. The molecular weight excluding hydrogens is 295 g/mol. The number of benzene rings is 2. The van der Waals surface area contributed by atoms with Crippen LogP contribution in [0, 0.1) is 12.7 Å². The molecule has 0 spiro atoms. The van der Waals surface area contributed by atoms with E-state index in [-0.39, 0.29) is 12.1 Å². The fourth-order valence-electron chi connectivity index (χ4n) is 2.47. The quantitative estimate of drug-likeness (QED) is 0.574. The third-order valence-corrected chi connectivity index (χ3v) is 3.80. The first-order chi connectivity index (χ1) is 11.1. The number of nitrogens with one attached hydrogen (secondary N) is 2. The van der Waals surface area contributed by atoms with Gasteiger partial charge in [-0.25, -0.2) is 4.39 Å². The number of aryl methyl sites for hydroxylation is 1. The van der Waals surface area contributed by atoms with Gasteiger partial charge in [-0.3, -0.25) is 9.59 Å². The Kier molecular flexibility index (Phi) is 3.93. The monoisotopic (exact) mass is 310 g/mol. The molecular formula is C18H15FN2O2. The topological polar surface area (TPSA) is 62.0 Å². The van der Waals surface area contributed by atoms with Gasteiger partial charge >= 0.3 is 0 Å². The summed E-state index contributed by atoms with van der Waals surface area (Å²) in [5.74, 6) is -1.72. The Bertz CT molecular complexity index is 899. The number of halogens is 1. The summed E-state index contributed by atoms with van der Waals surface area (Å²) in [4.78, 5) is 27.2. The number of hydrogen-bond acceptors (Lipinski definition) is 2. The van der Waals surface area contributed by atoms with Crippen LogP contribution in [0.5, 0.6) is 0 Å². The average Bonchev–Trinajstić information content (AvgIpc) is 2.96. The Hall–Kier alpha value is -2.95. The van der Waals surface area contributed by atoms with Crippen molar-refractivity contribution in [2.75, 3.05) is 0 Å². The number of fused-ring (bicyclic) bond motifs is 1. The Morgan fingerprint density at radius 1 is 1.17 bits per heavy atom. The van der Waals surface area contributed by atoms with E-state index in [2.05, 4.69) is 10.3 Å². The second-order valence-corrected chi connectivity index (χ2v) is 5.33. The number of Topliss-reactive ketones (excluding diaryl/α,β-unsaturated/α-hetero) is 1. The van der Waals surface area contributed by atoms with Crippen LogP contribution in [0.3, 0.4) is 0 Å². The first kappa shape index (κ1) is 15.0. The van der Waals surface area contributed by atoms with Crippen LogP contribution in [-0.2, 0) is 11.3 Å².